The molecule has 18 heteroatoms. The van der Waals surface area contributed by atoms with Crippen molar-refractivity contribution in [3.8, 4) is 0 Å². The first-order valence-electron chi connectivity index (χ1n) is 26.3. The van der Waals surface area contributed by atoms with Crippen LogP contribution in [0.3, 0.4) is 0 Å². The van der Waals surface area contributed by atoms with Crippen LogP contribution in [0.2, 0.25) is 0 Å². The normalized spacial score (nSPS) is 22.7. The van der Waals surface area contributed by atoms with E-state index in [1.165, 1.54) is 19.1 Å². The number of anilines is 1. The molecule has 0 bridgehead atoms. The van der Waals surface area contributed by atoms with Gasteiger partial charge in [0.25, 0.3) is 11.4 Å². The summed E-state index contributed by atoms with van der Waals surface area (Å²) in [6, 6.07) is 59.2. The van der Waals surface area contributed by atoms with E-state index in [0.29, 0.717) is 0 Å². The highest BCUT2D eigenvalue weighted by Gasteiger charge is 2.55. The molecule has 2 fully saturated rings. The first-order valence-corrected chi connectivity index (χ1v) is 26.3. The summed E-state index contributed by atoms with van der Waals surface area (Å²) in [5, 5.41) is 28.1. The highest BCUT2D eigenvalue weighted by atomic mass is 16.8. The number of nitro groups is 2. The molecule has 2 aliphatic rings. The number of hydrogen-bond acceptors (Lipinski definition) is 16. The van der Waals surface area contributed by atoms with Gasteiger partial charge in [-0.2, -0.15) is 0 Å². The zero-order valence-electron chi connectivity index (χ0n) is 44.0. The lowest BCUT2D eigenvalue weighted by atomic mass is 9.94. The third-order valence-corrected chi connectivity index (χ3v) is 13.4. The monoisotopic (exact) mass is 1090 g/mol. The van der Waals surface area contributed by atoms with Crippen LogP contribution in [-0.2, 0) is 91.8 Å². The Kier molecular flexibility index (Phi) is 20.6. The molecule has 10 atom stereocenters. The third kappa shape index (κ3) is 16.0. The lowest BCUT2D eigenvalue weighted by Crippen LogP contribution is -2.67. The van der Waals surface area contributed by atoms with Crippen LogP contribution in [-0.4, -0.2) is 90.4 Å². The van der Waals surface area contributed by atoms with E-state index in [2.05, 4.69) is 5.32 Å². The van der Waals surface area contributed by atoms with Crippen molar-refractivity contribution in [2.45, 2.75) is 108 Å². The first kappa shape index (κ1) is 57.0. The maximum absolute atomic E-state index is 13.2. The average molecular weight is 1090 g/mol. The van der Waals surface area contributed by atoms with Crippen molar-refractivity contribution in [2.75, 3.05) is 18.5 Å². The maximum Gasteiger partial charge on any atom is 0.303 e. The molecule has 2 heterocycles. The van der Waals surface area contributed by atoms with E-state index in [9.17, 15) is 25.0 Å². The Morgan fingerprint density at radius 1 is 0.463 bits per heavy atom. The summed E-state index contributed by atoms with van der Waals surface area (Å²) in [5.41, 5.74) is 3.86. The van der Waals surface area contributed by atoms with Crippen LogP contribution in [0.25, 0.3) is 0 Å². The lowest BCUT2D eigenvalue weighted by Gasteiger charge is -2.50. The minimum atomic E-state index is -1.37. The van der Waals surface area contributed by atoms with E-state index in [1.807, 2.05) is 182 Å². The average Bonchev–Trinajstić information content (AvgIpc) is 3.49. The van der Waals surface area contributed by atoms with Gasteiger partial charge in [-0.3, -0.25) is 25.0 Å². The van der Waals surface area contributed by atoms with Gasteiger partial charge in [0.2, 0.25) is 0 Å². The van der Waals surface area contributed by atoms with Gasteiger partial charge in [-0.15, -0.1) is 0 Å². The number of benzene rings is 7. The molecule has 7 aromatic carbocycles. The van der Waals surface area contributed by atoms with Crippen molar-refractivity contribution in [3.63, 3.8) is 0 Å². The lowest BCUT2D eigenvalue weighted by molar-refractivity contribution is -0.393. The van der Waals surface area contributed by atoms with E-state index in [-0.39, 0.29) is 58.5 Å². The van der Waals surface area contributed by atoms with Crippen molar-refractivity contribution in [2.24, 2.45) is 0 Å². The zero-order valence-corrected chi connectivity index (χ0v) is 44.0. The summed E-state index contributed by atoms with van der Waals surface area (Å²) in [6.07, 6.45) is -10.4. The Bertz CT molecular complexity index is 3010. The van der Waals surface area contributed by atoms with Crippen LogP contribution in [0, 0.1) is 20.2 Å². The summed E-state index contributed by atoms with van der Waals surface area (Å²) < 4.78 is 68.0. The van der Waals surface area contributed by atoms with Gasteiger partial charge in [0, 0.05) is 13.0 Å². The number of ether oxygens (including phenoxy) is 10. The topological polar surface area (TPSA) is 208 Å². The van der Waals surface area contributed by atoms with Gasteiger partial charge in [-0.25, -0.2) is 0 Å². The van der Waals surface area contributed by atoms with Crippen LogP contribution in [0.4, 0.5) is 17.1 Å². The zero-order chi connectivity index (χ0) is 55.5. The molecule has 0 aromatic heterocycles. The summed E-state index contributed by atoms with van der Waals surface area (Å²) in [4.78, 5) is 36.6. The standard InChI is InChI=1S/C62H63N3O15/c1-43(66)77-57-54(42-72-36-45-22-10-3-11-23-45)79-62(60(75-39-48-28-16-6-17-29-48)59(57)74-38-47-26-14-5-15-27-47)80-56-53(41-71-35-44-20-8-2-9-21-44)78-61(76-40-49-30-18-7-19-31-49)55(58(56)73-37-46-24-12-4-13-25-46)63-51-33-32-50(64(67)68)34-52(51)65(69)70/h2-34,53-63H,35-42H2,1H3/t53-,54-,55-,56-,57-,58-,59+,60-,61-,62+/m1/s1. The summed E-state index contributed by atoms with van der Waals surface area (Å²) in [7, 11) is 0. The van der Waals surface area contributed by atoms with Crippen molar-refractivity contribution >= 4 is 23.0 Å². The van der Waals surface area contributed by atoms with Crippen LogP contribution >= 0.6 is 0 Å². The predicted molar refractivity (Wildman–Crippen MR) is 293 cm³/mol. The Hall–Kier alpha value is -7.75. The molecule has 0 saturated carbocycles. The number of esters is 1. The second-order valence-corrected chi connectivity index (χ2v) is 19.2. The maximum atomic E-state index is 13.2. The number of carbonyl (C=O) groups is 1. The second-order valence-electron chi connectivity index (χ2n) is 19.2. The number of carbonyl (C=O) groups excluding carboxylic acids is 1. The molecule has 416 valence electrons. The highest BCUT2D eigenvalue weighted by Crippen LogP contribution is 2.38. The van der Waals surface area contributed by atoms with Gasteiger partial charge in [0.1, 0.15) is 48.4 Å². The van der Waals surface area contributed by atoms with Gasteiger partial charge in [-0.05, 0) is 39.4 Å². The largest absolute Gasteiger partial charge is 0.457 e. The number of non-ortho nitro benzene ring substituents is 1. The fraction of sp³-hybridized carbons (Fsp3) is 0.306. The molecule has 2 saturated heterocycles. The fourth-order valence-corrected chi connectivity index (χ4v) is 9.55. The number of rotatable bonds is 27. The molecule has 0 aliphatic carbocycles. The highest BCUT2D eigenvalue weighted by molar-refractivity contribution is 5.66. The molecule has 0 radical (unpaired) electrons. The molecule has 2 aliphatic heterocycles. The minimum absolute atomic E-state index is 0.00163. The van der Waals surface area contributed by atoms with Crippen LogP contribution < -0.4 is 5.32 Å². The molecular weight excluding hydrogens is 1030 g/mol. The van der Waals surface area contributed by atoms with Gasteiger partial charge in [0.15, 0.2) is 18.7 Å². The third-order valence-electron chi connectivity index (χ3n) is 13.4. The van der Waals surface area contributed by atoms with Crippen molar-refractivity contribution in [3.05, 3.63) is 254 Å². The van der Waals surface area contributed by atoms with Crippen molar-refractivity contribution in [1.82, 2.24) is 0 Å². The molecule has 0 unspecified atom stereocenters. The van der Waals surface area contributed by atoms with Gasteiger partial charge in [-0.1, -0.05) is 182 Å². The van der Waals surface area contributed by atoms with Gasteiger partial charge >= 0.3 is 5.97 Å². The molecule has 0 amide bonds. The summed E-state index contributed by atoms with van der Waals surface area (Å²) in [5.74, 6) is -0.595. The number of nitrogens with zero attached hydrogens (tertiary/aromatic N) is 2. The first-order chi connectivity index (χ1) is 39.1. The van der Waals surface area contributed by atoms with E-state index < -0.39 is 88.5 Å². The molecule has 0 spiro atoms. The quantitative estimate of drug-likeness (QED) is 0.0289. The van der Waals surface area contributed by atoms with E-state index in [4.69, 9.17) is 47.4 Å². The van der Waals surface area contributed by atoms with Crippen molar-refractivity contribution in [1.29, 1.82) is 0 Å². The second kappa shape index (κ2) is 28.9. The van der Waals surface area contributed by atoms with Gasteiger partial charge < -0.3 is 52.7 Å². The van der Waals surface area contributed by atoms with Crippen molar-refractivity contribution < 1.29 is 62.0 Å². The summed E-state index contributed by atoms with van der Waals surface area (Å²) in [6.45, 7) is 1.65. The molecule has 80 heavy (non-hydrogen) atoms. The van der Waals surface area contributed by atoms with Gasteiger partial charge in [0.05, 0.1) is 68.8 Å². The SMILES string of the molecule is CC(=O)O[C@H]1[C@H](OCc2ccccc2)[C@@H](OCc2ccccc2)[C@H](O[C@H]2[C@H](OCc3ccccc3)[C@@H](Nc3ccc([N+](=O)[O-])cc3[N+](=O)[O-])[C@H](OCc3ccccc3)O[C@@H]2COCc2ccccc2)O[C@@H]1COCc1ccccc1. The predicted octanol–water partition coefficient (Wildman–Crippen LogP) is 10.5. The van der Waals surface area contributed by atoms with Crippen LogP contribution in [0.15, 0.2) is 200 Å². The Morgan fingerprint density at radius 2 is 0.863 bits per heavy atom. The molecule has 18 nitrogen and oxygen atoms in total. The summed E-state index contributed by atoms with van der Waals surface area (Å²) >= 11 is 0. The van der Waals surface area contributed by atoms with E-state index >= 15 is 0 Å². The number of nitrogens with one attached hydrogen (secondary N) is 1. The minimum Gasteiger partial charge on any atom is -0.457 e. The van der Waals surface area contributed by atoms with E-state index in [0.717, 1.165) is 39.4 Å². The molecule has 9 rings (SSSR count). The smallest absolute Gasteiger partial charge is 0.303 e. The molecule has 7 aromatic rings. The Morgan fingerprint density at radius 3 is 1.30 bits per heavy atom. The van der Waals surface area contributed by atoms with Crippen LogP contribution in [0.1, 0.15) is 40.3 Å². The molecular formula is C62H63N3O15. The van der Waals surface area contributed by atoms with Crippen LogP contribution in [0.5, 0.6) is 0 Å². The Balaban J connectivity index is 1.16. The number of hydrogen-bond donors (Lipinski definition) is 1. The fourth-order valence-electron chi connectivity index (χ4n) is 9.55. The Labute approximate surface area is 463 Å². The number of nitro benzene ring substituents is 2. The van der Waals surface area contributed by atoms with E-state index in [1.54, 1.807) is 0 Å². The molecule has 1 N–H and O–H groups in total.